The molecule has 0 heterocycles. The summed E-state index contributed by atoms with van der Waals surface area (Å²) in [6, 6.07) is 0.396. The molecule has 0 radical (unpaired) electrons. The lowest BCUT2D eigenvalue weighted by Gasteiger charge is -2.03. The molecule has 0 saturated heterocycles. The van der Waals surface area contributed by atoms with Gasteiger partial charge >= 0.3 is 5.97 Å². The van der Waals surface area contributed by atoms with Gasteiger partial charge in [0.15, 0.2) is 0 Å². The summed E-state index contributed by atoms with van der Waals surface area (Å²) in [5.41, 5.74) is 0.387. The number of aliphatic carboxylic acids is 1. The van der Waals surface area contributed by atoms with E-state index in [-0.39, 0.29) is 0 Å². The van der Waals surface area contributed by atoms with E-state index in [2.05, 4.69) is 5.32 Å². The lowest BCUT2D eigenvalue weighted by molar-refractivity contribution is -0.132. The van der Waals surface area contributed by atoms with Gasteiger partial charge in [-0.2, -0.15) is 0 Å². The largest absolute Gasteiger partial charge is 0.478 e. The Hall–Kier alpha value is -0.830. The second kappa shape index (κ2) is 4.91. The first kappa shape index (κ1) is 10.2. The highest BCUT2D eigenvalue weighted by Gasteiger charge is 1.97. The molecule has 0 aliphatic rings. The zero-order valence-electron chi connectivity index (χ0n) is 7.22. The first-order chi connectivity index (χ1) is 5.04. The van der Waals surface area contributed by atoms with Gasteiger partial charge in [-0.25, -0.2) is 4.79 Å². The predicted molar refractivity (Wildman–Crippen MR) is 44.5 cm³/mol. The first-order valence-corrected chi connectivity index (χ1v) is 3.67. The van der Waals surface area contributed by atoms with E-state index in [0.717, 1.165) is 0 Å². The van der Waals surface area contributed by atoms with Crippen molar-refractivity contribution in [3.63, 3.8) is 0 Å². The Labute approximate surface area is 67.1 Å². The van der Waals surface area contributed by atoms with E-state index in [0.29, 0.717) is 18.2 Å². The number of nitrogens with one attached hydrogen (secondary N) is 1. The summed E-state index contributed by atoms with van der Waals surface area (Å²) in [6.07, 6.45) is 1.67. The van der Waals surface area contributed by atoms with E-state index >= 15 is 0 Å². The SMILES string of the molecule is CC(=CCNC(C)C)C(=O)O. The zero-order valence-corrected chi connectivity index (χ0v) is 7.22. The van der Waals surface area contributed by atoms with Gasteiger partial charge in [0.2, 0.25) is 0 Å². The van der Waals surface area contributed by atoms with Gasteiger partial charge in [0, 0.05) is 18.2 Å². The zero-order chi connectivity index (χ0) is 8.85. The van der Waals surface area contributed by atoms with Crippen molar-refractivity contribution in [2.24, 2.45) is 0 Å². The molecule has 64 valence electrons. The van der Waals surface area contributed by atoms with Crippen molar-refractivity contribution in [2.45, 2.75) is 26.8 Å². The van der Waals surface area contributed by atoms with Gasteiger partial charge in [0.1, 0.15) is 0 Å². The van der Waals surface area contributed by atoms with Crippen molar-refractivity contribution in [3.8, 4) is 0 Å². The molecule has 0 saturated carbocycles. The van der Waals surface area contributed by atoms with Crippen LogP contribution >= 0.6 is 0 Å². The minimum atomic E-state index is -0.851. The molecule has 3 nitrogen and oxygen atoms in total. The van der Waals surface area contributed by atoms with E-state index in [9.17, 15) is 4.79 Å². The minimum absolute atomic E-state index is 0.387. The van der Waals surface area contributed by atoms with Crippen LogP contribution in [0.5, 0.6) is 0 Å². The van der Waals surface area contributed by atoms with Crippen molar-refractivity contribution in [1.29, 1.82) is 0 Å². The van der Waals surface area contributed by atoms with E-state index in [1.54, 1.807) is 13.0 Å². The number of carbonyl (C=O) groups is 1. The lowest BCUT2D eigenvalue weighted by atomic mass is 10.3. The third-order valence-electron chi connectivity index (χ3n) is 1.27. The summed E-state index contributed by atoms with van der Waals surface area (Å²) >= 11 is 0. The lowest BCUT2D eigenvalue weighted by Crippen LogP contribution is -2.22. The number of carboxylic acid groups (broad SMARTS) is 1. The van der Waals surface area contributed by atoms with Crippen molar-refractivity contribution < 1.29 is 9.90 Å². The van der Waals surface area contributed by atoms with Gasteiger partial charge in [-0.3, -0.25) is 0 Å². The Morgan fingerprint density at radius 3 is 2.55 bits per heavy atom. The molecule has 0 aromatic rings. The van der Waals surface area contributed by atoms with Crippen LogP contribution in [0.1, 0.15) is 20.8 Å². The van der Waals surface area contributed by atoms with Gasteiger partial charge in [-0.05, 0) is 6.92 Å². The fraction of sp³-hybridized carbons (Fsp3) is 0.625. The monoisotopic (exact) mass is 157 g/mol. The van der Waals surface area contributed by atoms with Gasteiger partial charge in [0.25, 0.3) is 0 Å². The topological polar surface area (TPSA) is 49.3 Å². The molecule has 0 unspecified atom stereocenters. The highest BCUT2D eigenvalue weighted by molar-refractivity contribution is 5.85. The summed E-state index contributed by atoms with van der Waals surface area (Å²) in [5, 5.41) is 11.5. The van der Waals surface area contributed by atoms with Gasteiger partial charge in [-0.1, -0.05) is 19.9 Å². The molecule has 0 amide bonds. The van der Waals surface area contributed by atoms with Gasteiger partial charge < -0.3 is 10.4 Å². The first-order valence-electron chi connectivity index (χ1n) is 3.67. The number of carboxylic acids is 1. The molecule has 2 N–H and O–H groups in total. The standard InChI is InChI=1S/C8H15NO2/c1-6(2)9-5-4-7(3)8(10)11/h4,6,9H,5H2,1-3H3,(H,10,11). The fourth-order valence-electron chi connectivity index (χ4n) is 0.535. The molecule has 0 bridgehead atoms. The second-order valence-electron chi connectivity index (χ2n) is 2.76. The van der Waals surface area contributed by atoms with E-state index < -0.39 is 5.97 Å². The highest BCUT2D eigenvalue weighted by atomic mass is 16.4. The van der Waals surface area contributed by atoms with Crippen LogP contribution in [-0.4, -0.2) is 23.7 Å². The smallest absolute Gasteiger partial charge is 0.330 e. The van der Waals surface area contributed by atoms with Crippen LogP contribution in [0.4, 0.5) is 0 Å². The van der Waals surface area contributed by atoms with Gasteiger partial charge in [-0.15, -0.1) is 0 Å². The molecule has 3 heteroatoms. The maximum absolute atomic E-state index is 10.3. The molecular formula is C8H15NO2. The van der Waals surface area contributed by atoms with Crippen LogP contribution < -0.4 is 5.32 Å². The van der Waals surface area contributed by atoms with E-state index in [4.69, 9.17) is 5.11 Å². The predicted octanol–water partition coefficient (Wildman–Crippen LogP) is 1.02. The van der Waals surface area contributed by atoms with Crippen molar-refractivity contribution in [1.82, 2.24) is 5.32 Å². The second-order valence-corrected chi connectivity index (χ2v) is 2.76. The third kappa shape index (κ3) is 5.61. The fourth-order valence-corrected chi connectivity index (χ4v) is 0.535. The Morgan fingerprint density at radius 1 is 1.64 bits per heavy atom. The summed E-state index contributed by atoms with van der Waals surface area (Å²) in [5.74, 6) is -0.851. The van der Waals surface area contributed by atoms with Crippen LogP contribution in [0.2, 0.25) is 0 Å². The van der Waals surface area contributed by atoms with Crippen molar-refractivity contribution >= 4 is 5.97 Å². The Bertz CT molecular complexity index is 161. The Kier molecular flexibility index (Phi) is 4.54. The van der Waals surface area contributed by atoms with Gasteiger partial charge in [0.05, 0.1) is 0 Å². The molecule has 0 aromatic carbocycles. The molecule has 0 atom stereocenters. The minimum Gasteiger partial charge on any atom is -0.478 e. The third-order valence-corrected chi connectivity index (χ3v) is 1.27. The quantitative estimate of drug-likeness (QED) is 0.599. The van der Waals surface area contributed by atoms with Crippen LogP contribution in [0.15, 0.2) is 11.6 Å². The molecule has 0 aliphatic carbocycles. The molecule has 11 heavy (non-hydrogen) atoms. The Balaban J connectivity index is 3.65. The van der Waals surface area contributed by atoms with E-state index in [1.165, 1.54) is 0 Å². The van der Waals surface area contributed by atoms with E-state index in [1.807, 2.05) is 13.8 Å². The normalized spacial score (nSPS) is 12.2. The average Bonchev–Trinajstić information content (AvgIpc) is 1.86. The maximum atomic E-state index is 10.3. The van der Waals surface area contributed by atoms with Crippen molar-refractivity contribution in [2.75, 3.05) is 6.54 Å². The van der Waals surface area contributed by atoms with Crippen LogP contribution in [0, 0.1) is 0 Å². The Morgan fingerprint density at radius 2 is 2.18 bits per heavy atom. The van der Waals surface area contributed by atoms with Crippen LogP contribution in [0.25, 0.3) is 0 Å². The van der Waals surface area contributed by atoms with Crippen molar-refractivity contribution in [3.05, 3.63) is 11.6 Å². The summed E-state index contributed by atoms with van der Waals surface area (Å²) in [6.45, 7) is 6.24. The molecule has 0 spiro atoms. The van der Waals surface area contributed by atoms with Crippen LogP contribution in [0.3, 0.4) is 0 Å². The summed E-state index contributed by atoms with van der Waals surface area (Å²) < 4.78 is 0. The highest BCUT2D eigenvalue weighted by Crippen LogP contribution is 1.90. The maximum Gasteiger partial charge on any atom is 0.330 e. The average molecular weight is 157 g/mol. The molecule has 0 fully saturated rings. The summed E-state index contributed by atoms with van der Waals surface area (Å²) in [7, 11) is 0. The number of hydrogen-bond acceptors (Lipinski definition) is 2. The molecule has 0 aromatic heterocycles. The molecule has 0 aliphatic heterocycles. The summed E-state index contributed by atoms with van der Waals surface area (Å²) in [4.78, 5) is 10.3. The number of hydrogen-bond donors (Lipinski definition) is 2. The number of rotatable bonds is 4. The molecular weight excluding hydrogens is 142 g/mol. The molecule has 0 rings (SSSR count). The van der Waals surface area contributed by atoms with Crippen LogP contribution in [-0.2, 0) is 4.79 Å².